The van der Waals surface area contributed by atoms with Crippen LogP contribution in [0.4, 0.5) is 0 Å². The molecule has 0 N–H and O–H groups in total. The van der Waals surface area contributed by atoms with Gasteiger partial charge in [0.05, 0.1) is 7.11 Å². The maximum absolute atomic E-state index is 13.3. The number of rotatable bonds is 8. The van der Waals surface area contributed by atoms with Crippen molar-refractivity contribution in [2.24, 2.45) is 0 Å². The highest BCUT2D eigenvalue weighted by Crippen LogP contribution is 2.34. The summed E-state index contributed by atoms with van der Waals surface area (Å²) in [7, 11) is 1.16. The number of Topliss-reactive ketones (excluding diaryl/α,β-unsaturated/α-hetero) is 2. The number of ketones is 2. The molecule has 1 aromatic rings. The number of allylic oxidation sites excluding steroid dienone is 2. The van der Waals surface area contributed by atoms with Crippen LogP contribution in [0.5, 0.6) is 0 Å². The van der Waals surface area contributed by atoms with Gasteiger partial charge in [0.2, 0.25) is 35.5 Å². The average molecular weight is 534 g/mol. The van der Waals surface area contributed by atoms with Gasteiger partial charge in [-0.25, -0.2) is 0 Å². The van der Waals surface area contributed by atoms with E-state index in [0.717, 1.165) is 34.8 Å². The Morgan fingerprint density at radius 3 is 1.74 bits per heavy atom. The van der Waals surface area contributed by atoms with E-state index >= 15 is 0 Å². The molecule has 1 aromatic carbocycles. The van der Waals surface area contributed by atoms with Gasteiger partial charge in [-0.2, -0.15) is 0 Å². The largest absolute Gasteiger partial charge is 0.489 e. The van der Waals surface area contributed by atoms with Gasteiger partial charge in [0.15, 0.2) is 12.2 Å². The Kier molecular flexibility index (Phi) is 8.84. The molecule has 0 aromatic heterocycles. The summed E-state index contributed by atoms with van der Waals surface area (Å²) in [5, 5.41) is 0. The molecule has 2 aliphatic rings. The van der Waals surface area contributed by atoms with Crippen molar-refractivity contribution in [1.29, 1.82) is 0 Å². The van der Waals surface area contributed by atoms with Gasteiger partial charge in [-0.15, -0.1) is 0 Å². The van der Waals surface area contributed by atoms with Crippen molar-refractivity contribution in [2.75, 3.05) is 13.7 Å². The molecule has 38 heavy (non-hydrogen) atoms. The predicted octanol–water partition coefficient (Wildman–Crippen LogP) is 1.02. The molecule has 13 nitrogen and oxygen atoms in total. The quantitative estimate of drug-likeness (QED) is 0.343. The topological polar surface area (TPSA) is 167 Å². The summed E-state index contributed by atoms with van der Waals surface area (Å²) >= 11 is 0. The van der Waals surface area contributed by atoms with Gasteiger partial charge < -0.3 is 33.2 Å². The molecule has 1 unspecified atom stereocenters. The molecule has 204 valence electrons. The van der Waals surface area contributed by atoms with Crippen LogP contribution in [0.1, 0.15) is 48.4 Å². The molecule has 3 rings (SSSR count). The van der Waals surface area contributed by atoms with E-state index in [0.29, 0.717) is 0 Å². The highest BCUT2D eigenvalue weighted by atomic mass is 16.7. The zero-order valence-electron chi connectivity index (χ0n) is 21.2. The second kappa shape index (κ2) is 11.9. The van der Waals surface area contributed by atoms with Crippen LogP contribution < -0.4 is 0 Å². The fourth-order valence-corrected chi connectivity index (χ4v) is 4.02. The minimum absolute atomic E-state index is 0.0268. The second-order valence-electron chi connectivity index (χ2n) is 8.25. The number of hydrogen-bond acceptors (Lipinski definition) is 13. The highest BCUT2D eigenvalue weighted by molar-refractivity contribution is 6.25. The van der Waals surface area contributed by atoms with Crippen molar-refractivity contribution in [2.45, 2.75) is 58.4 Å². The summed E-state index contributed by atoms with van der Waals surface area (Å²) < 4.78 is 37.8. The minimum Gasteiger partial charge on any atom is -0.489 e. The number of esters is 4. The number of carbonyl (C=O) groups is 6. The van der Waals surface area contributed by atoms with Crippen LogP contribution in [0.15, 0.2) is 35.8 Å². The Labute approximate surface area is 216 Å². The summed E-state index contributed by atoms with van der Waals surface area (Å²) in [5.74, 6) is -5.59. The second-order valence-corrected chi connectivity index (χ2v) is 8.25. The maximum atomic E-state index is 13.3. The van der Waals surface area contributed by atoms with E-state index in [1.54, 1.807) is 12.1 Å². The van der Waals surface area contributed by atoms with E-state index in [-0.39, 0.29) is 11.1 Å². The van der Waals surface area contributed by atoms with Crippen molar-refractivity contribution >= 4 is 35.4 Å². The molecule has 1 aliphatic carbocycles. The SMILES string of the molecule is COC1=C(OC2O[C@H](COC(C)=O)[C@@H](OC(C)=O)[C@H](OC(C)=O)[C@H]2OC(C)=O)C(=O)c2ccccc2C1=O. The predicted molar refractivity (Wildman–Crippen MR) is 122 cm³/mol. The zero-order valence-corrected chi connectivity index (χ0v) is 21.2. The van der Waals surface area contributed by atoms with Gasteiger partial charge in [0.25, 0.3) is 0 Å². The van der Waals surface area contributed by atoms with Crippen molar-refractivity contribution in [3.05, 3.63) is 46.9 Å². The van der Waals surface area contributed by atoms with E-state index in [9.17, 15) is 28.8 Å². The first-order valence-electron chi connectivity index (χ1n) is 11.4. The molecule has 1 heterocycles. The molecular weight excluding hydrogens is 508 g/mol. The third-order valence-corrected chi connectivity index (χ3v) is 5.42. The molecule has 0 bridgehead atoms. The lowest BCUT2D eigenvalue weighted by Crippen LogP contribution is -2.63. The van der Waals surface area contributed by atoms with Crippen LogP contribution in [-0.2, 0) is 52.3 Å². The molecule has 1 saturated heterocycles. The number of carbonyl (C=O) groups excluding carboxylic acids is 6. The van der Waals surface area contributed by atoms with E-state index in [1.807, 2.05) is 0 Å². The highest BCUT2D eigenvalue weighted by Gasteiger charge is 2.54. The maximum Gasteiger partial charge on any atom is 0.303 e. The molecule has 0 spiro atoms. The van der Waals surface area contributed by atoms with Crippen molar-refractivity contribution in [1.82, 2.24) is 0 Å². The summed E-state index contributed by atoms with van der Waals surface area (Å²) in [6.45, 7) is 3.83. The first-order valence-corrected chi connectivity index (χ1v) is 11.4. The Morgan fingerprint density at radius 2 is 1.24 bits per heavy atom. The summed E-state index contributed by atoms with van der Waals surface area (Å²) in [5.41, 5.74) is 0.113. The van der Waals surface area contributed by atoms with Crippen LogP contribution >= 0.6 is 0 Å². The smallest absolute Gasteiger partial charge is 0.303 e. The van der Waals surface area contributed by atoms with E-state index < -0.39 is 84.3 Å². The Bertz CT molecular complexity index is 1180. The first-order chi connectivity index (χ1) is 17.9. The van der Waals surface area contributed by atoms with Crippen LogP contribution in [0, 0.1) is 0 Å². The van der Waals surface area contributed by atoms with Gasteiger partial charge in [0.1, 0.15) is 12.7 Å². The number of hydrogen-bond donors (Lipinski definition) is 0. The van der Waals surface area contributed by atoms with Gasteiger partial charge in [0, 0.05) is 38.8 Å². The minimum atomic E-state index is -1.71. The molecule has 0 radical (unpaired) electrons. The Morgan fingerprint density at radius 1 is 0.737 bits per heavy atom. The number of ether oxygens (including phenoxy) is 7. The molecule has 5 atom stereocenters. The number of benzene rings is 1. The molecular formula is C25H26O13. The standard InChI is InChI=1S/C25H26O13/c1-11(26)33-10-17-20(34-12(2)27)23(35-13(3)28)24(36-14(4)29)25(37-17)38-22-19(31)16-9-7-6-8-15(16)18(30)21(22)32-5/h6-9,17,20,23-25H,10H2,1-5H3/t17-,20-,23+,24-,25?/m1/s1. The van der Waals surface area contributed by atoms with Crippen molar-refractivity contribution in [3.8, 4) is 0 Å². The monoisotopic (exact) mass is 534 g/mol. The van der Waals surface area contributed by atoms with Gasteiger partial charge in [-0.05, 0) is 0 Å². The Balaban J connectivity index is 2.09. The normalized spacial score (nSPS) is 24.6. The molecule has 0 amide bonds. The average Bonchev–Trinajstić information content (AvgIpc) is 2.84. The molecule has 13 heteroatoms. The Hall–Kier alpha value is -4.26. The van der Waals surface area contributed by atoms with Crippen LogP contribution in [0.3, 0.4) is 0 Å². The lowest BCUT2D eigenvalue weighted by atomic mass is 9.92. The van der Waals surface area contributed by atoms with Gasteiger partial charge >= 0.3 is 23.9 Å². The summed E-state index contributed by atoms with van der Waals surface area (Å²) in [6.07, 6.45) is -7.55. The van der Waals surface area contributed by atoms with Crippen LogP contribution in [-0.4, -0.2) is 79.9 Å². The fraction of sp³-hybridized carbons (Fsp3) is 0.440. The zero-order chi connectivity index (χ0) is 28.1. The van der Waals surface area contributed by atoms with Gasteiger partial charge in [-0.1, -0.05) is 24.3 Å². The lowest BCUT2D eigenvalue weighted by Gasteiger charge is -2.44. The molecule has 1 aliphatic heterocycles. The van der Waals surface area contributed by atoms with E-state index in [1.165, 1.54) is 12.1 Å². The third-order valence-electron chi connectivity index (χ3n) is 5.42. The van der Waals surface area contributed by atoms with Gasteiger partial charge in [-0.3, -0.25) is 28.8 Å². The van der Waals surface area contributed by atoms with E-state index in [2.05, 4.69) is 0 Å². The van der Waals surface area contributed by atoms with Crippen LogP contribution in [0.25, 0.3) is 0 Å². The van der Waals surface area contributed by atoms with Crippen molar-refractivity contribution in [3.63, 3.8) is 0 Å². The summed E-state index contributed by atoms with van der Waals surface area (Å²) in [6, 6.07) is 5.98. The van der Waals surface area contributed by atoms with Crippen molar-refractivity contribution < 1.29 is 61.9 Å². The lowest BCUT2D eigenvalue weighted by molar-refractivity contribution is -0.299. The fourth-order valence-electron chi connectivity index (χ4n) is 4.02. The van der Waals surface area contributed by atoms with Crippen LogP contribution in [0.2, 0.25) is 0 Å². The molecule has 1 fully saturated rings. The first kappa shape index (κ1) is 28.3. The third kappa shape index (κ3) is 6.17. The number of methoxy groups -OCH3 is 1. The molecule has 0 saturated carbocycles. The summed E-state index contributed by atoms with van der Waals surface area (Å²) in [4.78, 5) is 73.6. The van der Waals surface area contributed by atoms with E-state index in [4.69, 9.17) is 33.2 Å². The number of fused-ring (bicyclic) bond motifs is 1.